The van der Waals surface area contributed by atoms with Crippen LogP contribution in [0.4, 0.5) is 8.78 Å². The summed E-state index contributed by atoms with van der Waals surface area (Å²) in [5.74, 6) is 0.186. The van der Waals surface area contributed by atoms with Crippen molar-refractivity contribution in [3.05, 3.63) is 173 Å². The molecule has 6 aromatic rings. The standard InChI is InChI=1S/C23H21FO4.C23H21FO3/c1-3-17-9-11-22(23(13-17)26-15-18-7-5-4-6-8-18)28-21-12-10-19(14-20(21)24)27-16(2)25;1-3-17-9-11-22(23(13-17)26-15-18-7-5-4-6-8-18)27-21-12-10-19(16(2)25)14-20(21)24/h4-14H,3,15H2,1-2H3;4-14H,3,15H2,1-2H3. The Bertz CT molecular complexity index is 2200. The lowest BCUT2D eigenvalue weighted by atomic mass is 10.1. The first-order chi connectivity index (χ1) is 26.6. The van der Waals surface area contributed by atoms with Crippen molar-refractivity contribution in [1.82, 2.24) is 0 Å². The van der Waals surface area contributed by atoms with Gasteiger partial charge in [0, 0.05) is 18.6 Å². The molecule has 0 aliphatic rings. The van der Waals surface area contributed by atoms with E-state index in [1.54, 1.807) is 18.2 Å². The first kappa shape index (κ1) is 39.7. The quantitative estimate of drug-likeness (QED) is 0.0624. The minimum absolute atomic E-state index is 0.0183. The molecule has 0 aromatic heterocycles. The number of aryl methyl sites for hydroxylation is 2. The highest BCUT2D eigenvalue weighted by Gasteiger charge is 2.15. The summed E-state index contributed by atoms with van der Waals surface area (Å²) in [5.41, 5.74) is 4.54. The van der Waals surface area contributed by atoms with E-state index in [4.69, 9.17) is 23.7 Å². The summed E-state index contributed by atoms with van der Waals surface area (Å²) in [6.45, 7) is 7.51. The van der Waals surface area contributed by atoms with Crippen LogP contribution in [0.25, 0.3) is 0 Å². The summed E-state index contributed by atoms with van der Waals surface area (Å²) in [4.78, 5) is 22.4. The molecule has 9 heteroatoms. The van der Waals surface area contributed by atoms with Crippen molar-refractivity contribution in [1.29, 1.82) is 0 Å². The third-order valence-electron chi connectivity index (χ3n) is 8.25. The zero-order valence-corrected chi connectivity index (χ0v) is 31.1. The van der Waals surface area contributed by atoms with E-state index in [1.807, 2.05) is 91.9 Å². The molecule has 0 bridgehead atoms. The number of hydrogen-bond acceptors (Lipinski definition) is 7. The van der Waals surface area contributed by atoms with E-state index < -0.39 is 17.6 Å². The van der Waals surface area contributed by atoms with Crippen LogP contribution in [0, 0.1) is 11.6 Å². The first-order valence-corrected chi connectivity index (χ1v) is 17.8. The number of Topliss-reactive ketones (excluding diaryl/α,β-unsaturated/α-hetero) is 1. The molecule has 282 valence electrons. The number of esters is 1. The number of benzene rings is 6. The fourth-order valence-electron chi connectivity index (χ4n) is 5.24. The molecule has 0 saturated carbocycles. The Hall–Kier alpha value is -6.48. The maximum atomic E-state index is 14.4. The van der Waals surface area contributed by atoms with Gasteiger partial charge in [0.1, 0.15) is 19.0 Å². The average Bonchev–Trinajstić information content (AvgIpc) is 3.19. The summed E-state index contributed by atoms with van der Waals surface area (Å²) < 4.78 is 56.9. The van der Waals surface area contributed by atoms with E-state index in [1.165, 1.54) is 38.1 Å². The van der Waals surface area contributed by atoms with Gasteiger partial charge in [-0.25, -0.2) is 8.78 Å². The van der Waals surface area contributed by atoms with Crippen molar-refractivity contribution in [2.24, 2.45) is 0 Å². The van der Waals surface area contributed by atoms with Crippen LogP contribution in [0.5, 0.6) is 40.2 Å². The van der Waals surface area contributed by atoms with Gasteiger partial charge in [-0.05, 0) is 96.6 Å². The number of halogens is 2. The fraction of sp³-hybridized carbons (Fsp3) is 0.174. The first-order valence-electron chi connectivity index (χ1n) is 17.8. The van der Waals surface area contributed by atoms with Crippen LogP contribution in [0.3, 0.4) is 0 Å². The van der Waals surface area contributed by atoms with Gasteiger partial charge < -0.3 is 23.7 Å². The van der Waals surface area contributed by atoms with Crippen molar-refractivity contribution in [3.8, 4) is 40.2 Å². The molecule has 0 aliphatic heterocycles. The molecule has 0 saturated heterocycles. The monoisotopic (exact) mass is 744 g/mol. The smallest absolute Gasteiger partial charge is 0.308 e. The highest BCUT2D eigenvalue weighted by atomic mass is 19.1. The minimum Gasteiger partial charge on any atom is -0.485 e. The van der Waals surface area contributed by atoms with Gasteiger partial charge in [0.2, 0.25) is 0 Å². The van der Waals surface area contributed by atoms with Crippen LogP contribution in [0.15, 0.2) is 133 Å². The third-order valence-corrected chi connectivity index (χ3v) is 8.25. The molecule has 6 rings (SSSR count). The zero-order chi connectivity index (χ0) is 39.2. The van der Waals surface area contributed by atoms with E-state index in [2.05, 4.69) is 6.92 Å². The number of hydrogen-bond donors (Lipinski definition) is 0. The van der Waals surface area contributed by atoms with Crippen LogP contribution in [-0.2, 0) is 30.8 Å². The van der Waals surface area contributed by atoms with Crippen molar-refractivity contribution in [3.63, 3.8) is 0 Å². The Morgan fingerprint density at radius 2 is 0.945 bits per heavy atom. The second kappa shape index (κ2) is 19.6. The lowest BCUT2D eigenvalue weighted by molar-refractivity contribution is -0.131. The summed E-state index contributed by atoms with van der Waals surface area (Å²) in [5, 5.41) is 0. The Morgan fingerprint density at radius 1 is 0.491 bits per heavy atom. The summed E-state index contributed by atoms with van der Waals surface area (Å²) in [6, 6.07) is 38.9. The molecule has 0 radical (unpaired) electrons. The molecule has 0 amide bonds. The average molecular weight is 745 g/mol. The number of carbonyl (C=O) groups is 2. The number of ether oxygens (including phenoxy) is 5. The number of rotatable bonds is 14. The molecule has 0 fully saturated rings. The van der Waals surface area contributed by atoms with Crippen LogP contribution < -0.4 is 23.7 Å². The summed E-state index contributed by atoms with van der Waals surface area (Å²) in [6.07, 6.45) is 1.69. The molecule has 0 aliphatic carbocycles. The normalized spacial score (nSPS) is 10.4. The Balaban J connectivity index is 0.000000211. The van der Waals surface area contributed by atoms with Gasteiger partial charge in [0.05, 0.1) is 0 Å². The van der Waals surface area contributed by atoms with E-state index in [9.17, 15) is 18.4 Å². The topological polar surface area (TPSA) is 80.3 Å². The van der Waals surface area contributed by atoms with Gasteiger partial charge in [0.15, 0.2) is 51.9 Å². The molecule has 0 N–H and O–H groups in total. The molecule has 55 heavy (non-hydrogen) atoms. The molecule has 0 unspecified atom stereocenters. The molecular formula is C46H42F2O7. The highest BCUT2D eigenvalue weighted by molar-refractivity contribution is 5.94. The van der Waals surface area contributed by atoms with Crippen molar-refractivity contribution in [2.45, 2.75) is 53.8 Å². The van der Waals surface area contributed by atoms with Gasteiger partial charge in [0.25, 0.3) is 0 Å². The zero-order valence-electron chi connectivity index (χ0n) is 31.1. The van der Waals surface area contributed by atoms with Crippen molar-refractivity contribution in [2.75, 3.05) is 0 Å². The fourth-order valence-corrected chi connectivity index (χ4v) is 5.24. The highest BCUT2D eigenvalue weighted by Crippen LogP contribution is 2.36. The van der Waals surface area contributed by atoms with Gasteiger partial charge in [-0.15, -0.1) is 0 Å². The van der Waals surface area contributed by atoms with Gasteiger partial charge in [-0.2, -0.15) is 0 Å². The maximum Gasteiger partial charge on any atom is 0.308 e. The summed E-state index contributed by atoms with van der Waals surface area (Å²) >= 11 is 0. The minimum atomic E-state index is -0.632. The van der Waals surface area contributed by atoms with E-state index in [0.29, 0.717) is 41.8 Å². The van der Waals surface area contributed by atoms with Crippen molar-refractivity contribution >= 4 is 11.8 Å². The Morgan fingerprint density at radius 3 is 1.36 bits per heavy atom. The Labute approximate surface area is 320 Å². The predicted octanol–water partition coefficient (Wildman–Crippen LogP) is 11.6. The lowest BCUT2D eigenvalue weighted by Crippen LogP contribution is -2.02. The Kier molecular flexibility index (Phi) is 14.1. The molecule has 0 heterocycles. The largest absolute Gasteiger partial charge is 0.485 e. The lowest BCUT2D eigenvalue weighted by Gasteiger charge is -2.14. The second-order valence-corrected chi connectivity index (χ2v) is 12.4. The summed E-state index contributed by atoms with van der Waals surface area (Å²) in [7, 11) is 0. The van der Waals surface area contributed by atoms with E-state index >= 15 is 0 Å². The number of ketones is 1. The third kappa shape index (κ3) is 11.8. The molecule has 0 spiro atoms. The second-order valence-electron chi connectivity index (χ2n) is 12.4. The number of carbonyl (C=O) groups excluding carboxylic acids is 2. The molecular weight excluding hydrogens is 702 g/mol. The van der Waals surface area contributed by atoms with E-state index in [0.717, 1.165) is 41.2 Å². The van der Waals surface area contributed by atoms with Crippen LogP contribution in [-0.4, -0.2) is 11.8 Å². The van der Waals surface area contributed by atoms with Crippen molar-refractivity contribution < 1.29 is 42.1 Å². The van der Waals surface area contributed by atoms with Gasteiger partial charge >= 0.3 is 5.97 Å². The van der Waals surface area contributed by atoms with E-state index in [-0.39, 0.29) is 23.0 Å². The van der Waals surface area contributed by atoms with Gasteiger partial charge in [-0.3, -0.25) is 9.59 Å². The molecule has 0 atom stereocenters. The maximum absolute atomic E-state index is 14.4. The predicted molar refractivity (Wildman–Crippen MR) is 207 cm³/mol. The van der Waals surface area contributed by atoms with Gasteiger partial charge in [-0.1, -0.05) is 86.6 Å². The molecule has 7 nitrogen and oxygen atoms in total. The molecule has 6 aromatic carbocycles. The van der Waals surface area contributed by atoms with Crippen LogP contribution in [0.2, 0.25) is 0 Å². The van der Waals surface area contributed by atoms with Crippen LogP contribution in [0.1, 0.15) is 60.3 Å². The SMILES string of the molecule is CCc1ccc(Oc2ccc(C(C)=O)cc2F)c(OCc2ccccc2)c1.CCc1ccc(Oc2ccc(OC(C)=O)cc2F)c(OCc2ccccc2)c1. The van der Waals surface area contributed by atoms with Crippen LogP contribution >= 0.6 is 0 Å².